The van der Waals surface area contributed by atoms with Crippen LogP contribution in [0.25, 0.3) is 21.8 Å². The van der Waals surface area contributed by atoms with Crippen LogP contribution >= 0.6 is 63.7 Å². The van der Waals surface area contributed by atoms with Crippen molar-refractivity contribution >= 4 is 85.5 Å². The van der Waals surface area contributed by atoms with Crippen LogP contribution in [0.1, 0.15) is 0 Å². The molecule has 5 heteroatoms. The fraction of sp³-hybridized carbons (Fsp3) is 0. The van der Waals surface area contributed by atoms with Gasteiger partial charge in [0.1, 0.15) is 0 Å². The van der Waals surface area contributed by atoms with Gasteiger partial charge in [-0.3, -0.25) is 0 Å². The lowest BCUT2D eigenvalue weighted by Gasteiger charge is -2.05. The number of halogens is 4. The quantitative estimate of drug-likeness (QED) is 0.283. The van der Waals surface area contributed by atoms with Crippen LogP contribution in [0.3, 0.4) is 0 Å². The summed E-state index contributed by atoms with van der Waals surface area (Å²) < 4.78 is 4.10. The zero-order chi connectivity index (χ0) is 12.2. The third-order valence-corrected chi connectivity index (χ3v) is 7.49. The Labute approximate surface area is 131 Å². The summed E-state index contributed by atoms with van der Waals surface area (Å²) in [7, 11) is 0. The molecule has 0 atom stereocenters. The van der Waals surface area contributed by atoms with E-state index in [0.29, 0.717) is 0 Å². The second kappa shape index (κ2) is 4.37. The van der Waals surface area contributed by atoms with Gasteiger partial charge in [0, 0.05) is 29.7 Å². The molecule has 0 saturated heterocycles. The van der Waals surface area contributed by atoms with Crippen LogP contribution in [0, 0.1) is 0 Å². The van der Waals surface area contributed by atoms with Gasteiger partial charge in [-0.1, -0.05) is 18.2 Å². The zero-order valence-corrected chi connectivity index (χ0v) is 14.7. The maximum absolute atomic E-state index is 3.65. The predicted octanol–water partition coefficient (Wildman–Crippen LogP) is 6.37. The van der Waals surface area contributed by atoms with Gasteiger partial charge in [-0.05, 0) is 69.8 Å². The van der Waals surface area contributed by atoms with Crippen LogP contribution in [0.2, 0.25) is 0 Å². The summed E-state index contributed by atoms with van der Waals surface area (Å²) in [5.74, 6) is 0. The van der Waals surface area contributed by atoms with Crippen molar-refractivity contribution in [1.29, 1.82) is 0 Å². The average molecular weight is 483 g/mol. The van der Waals surface area contributed by atoms with Crippen molar-refractivity contribution in [2.75, 3.05) is 0 Å². The van der Waals surface area contributed by atoms with Gasteiger partial charge < -0.3 is 4.98 Å². The number of aromatic nitrogens is 1. The van der Waals surface area contributed by atoms with E-state index in [1.807, 2.05) is 12.1 Å². The highest BCUT2D eigenvalue weighted by Crippen LogP contribution is 2.45. The Morgan fingerprint density at radius 2 is 1.41 bits per heavy atom. The molecule has 1 heterocycles. The highest BCUT2D eigenvalue weighted by atomic mass is 79.9. The fourth-order valence-electron chi connectivity index (χ4n) is 1.95. The third kappa shape index (κ3) is 1.74. The molecule has 2 aromatic carbocycles. The summed E-state index contributed by atoms with van der Waals surface area (Å²) in [4.78, 5) is 3.43. The molecule has 86 valence electrons. The molecule has 1 aromatic heterocycles. The first-order valence-electron chi connectivity index (χ1n) is 4.83. The molecule has 0 bridgehead atoms. The largest absolute Gasteiger partial charge is 0.354 e. The van der Waals surface area contributed by atoms with E-state index >= 15 is 0 Å². The Hall–Kier alpha value is 0.160. The molecule has 1 nitrogen and oxygen atoms in total. The second-order valence-corrected chi connectivity index (χ2v) is 6.85. The third-order valence-electron chi connectivity index (χ3n) is 2.72. The van der Waals surface area contributed by atoms with Gasteiger partial charge >= 0.3 is 0 Å². The van der Waals surface area contributed by atoms with Gasteiger partial charge in [-0.15, -0.1) is 0 Å². The molecule has 0 spiro atoms. The molecular weight excluding hydrogens is 478 g/mol. The number of nitrogens with one attached hydrogen (secondary N) is 1. The van der Waals surface area contributed by atoms with Gasteiger partial charge in [-0.2, -0.15) is 0 Å². The summed E-state index contributed by atoms with van der Waals surface area (Å²) in [6.07, 6.45) is 0. The van der Waals surface area contributed by atoms with Crippen molar-refractivity contribution in [2.24, 2.45) is 0 Å². The Morgan fingerprint density at radius 1 is 0.765 bits per heavy atom. The van der Waals surface area contributed by atoms with Gasteiger partial charge in [-0.25, -0.2) is 0 Å². The van der Waals surface area contributed by atoms with Crippen LogP contribution in [0.15, 0.2) is 42.2 Å². The molecule has 0 saturated carbocycles. The molecule has 0 radical (unpaired) electrons. The topological polar surface area (TPSA) is 15.8 Å². The van der Waals surface area contributed by atoms with Gasteiger partial charge in [0.15, 0.2) is 0 Å². The van der Waals surface area contributed by atoms with Crippen molar-refractivity contribution in [3.8, 4) is 0 Å². The summed E-state index contributed by atoms with van der Waals surface area (Å²) in [6.45, 7) is 0. The monoisotopic (exact) mass is 479 g/mol. The van der Waals surface area contributed by atoms with Crippen LogP contribution in [-0.2, 0) is 0 Å². The number of hydrogen-bond acceptors (Lipinski definition) is 0. The maximum atomic E-state index is 3.65. The number of H-pyrrole nitrogens is 1. The molecule has 17 heavy (non-hydrogen) atoms. The summed E-state index contributed by atoms with van der Waals surface area (Å²) >= 11 is 14.4. The smallest absolute Gasteiger partial charge is 0.0633 e. The van der Waals surface area contributed by atoms with E-state index in [9.17, 15) is 0 Å². The van der Waals surface area contributed by atoms with E-state index in [1.54, 1.807) is 0 Å². The Balaban J connectivity index is 2.67. The Bertz CT molecular complexity index is 745. The fourth-order valence-corrected chi connectivity index (χ4v) is 4.38. The molecule has 0 amide bonds. The van der Waals surface area contributed by atoms with E-state index in [-0.39, 0.29) is 0 Å². The second-order valence-electron chi connectivity index (χ2n) is 3.68. The Kier molecular flexibility index (Phi) is 3.14. The molecule has 0 unspecified atom stereocenters. The molecular formula is C12H5Br4N. The standard InChI is InChI=1S/C12H5Br4N/c13-8-7-5-3-1-2-4-6(5)17-12(7)11(16)10(15)9(8)14/h1-4,17H. The van der Waals surface area contributed by atoms with Crippen molar-refractivity contribution in [3.05, 3.63) is 42.2 Å². The minimum Gasteiger partial charge on any atom is -0.354 e. The molecule has 0 aliphatic rings. The highest BCUT2D eigenvalue weighted by Gasteiger charge is 2.17. The first kappa shape index (κ1) is 12.2. The number of rotatable bonds is 0. The highest BCUT2D eigenvalue weighted by molar-refractivity contribution is 9.15. The SMILES string of the molecule is Brc1c(Br)c(Br)c2c([nH]c3ccccc32)c1Br. The van der Waals surface area contributed by atoms with Crippen molar-refractivity contribution in [1.82, 2.24) is 4.98 Å². The lowest BCUT2D eigenvalue weighted by molar-refractivity contribution is 1.49. The van der Waals surface area contributed by atoms with Crippen molar-refractivity contribution < 1.29 is 0 Å². The van der Waals surface area contributed by atoms with E-state index in [0.717, 1.165) is 28.9 Å². The zero-order valence-electron chi connectivity index (χ0n) is 8.32. The summed E-state index contributed by atoms with van der Waals surface area (Å²) in [5.41, 5.74) is 2.22. The lowest BCUT2D eigenvalue weighted by atomic mass is 10.1. The van der Waals surface area contributed by atoms with Crippen LogP contribution < -0.4 is 0 Å². The van der Waals surface area contributed by atoms with Crippen LogP contribution in [0.4, 0.5) is 0 Å². The van der Waals surface area contributed by atoms with Gasteiger partial charge in [0.25, 0.3) is 0 Å². The maximum Gasteiger partial charge on any atom is 0.0633 e. The number of fused-ring (bicyclic) bond motifs is 3. The molecule has 1 N–H and O–H groups in total. The molecule has 0 aliphatic heterocycles. The predicted molar refractivity (Wildman–Crippen MR) is 86.6 cm³/mol. The first-order valence-corrected chi connectivity index (χ1v) is 8.01. The van der Waals surface area contributed by atoms with Crippen molar-refractivity contribution in [3.63, 3.8) is 0 Å². The van der Waals surface area contributed by atoms with E-state index < -0.39 is 0 Å². The van der Waals surface area contributed by atoms with Crippen LogP contribution in [-0.4, -0.2) is 4.98 Å². The summed E-state index contributed by atoms with van der Waals surface area (Å²) in [5, 5.41) is 2.39. The van der Waals surface area contributed by atoms with Gasteiger partial charge in [0.2, 0.25) is 0 Å². The average Bonchev–Trinajstić information content (AvgIpc) is 2.73. The van der Waals surface area contributed by atoms with Gasteiger partial charge in [0.05, 0.1) is 9.99 Å². The molecule has 3 rings (SSSR count). The van der Waals surface area contributed by atoms with E-state index in [2.05, 4.69) is 80.8 Å². The van der Waals surface area contributed by atoms with Crippen LogP contribution in [0.5, 0.6) is 0 Å². The number of hydrogen-bond donors (Lipinski definition) is 1. The number of benzene rings is 2. The minimum absolute atomic E-state index is 1.00. The molecule has 0 fully saturated rings. The minimum atomic E-state index is 1.00. The molecule has 0 aliphatic carbocycles. The van der Waals surface area contributed by atoms with Crippen molar-refractivity contribution in [2.45, 2.75) is 0 Å². The number of para-hydroxylation sites is 1. The Morgan fingerprint density at radius 3 is 2.18 bits per heavy atom. The normalized spacial score (nSPS) is 11.5. The van der Waals surface area contributed by atoms with E-state index in [1.165, 1.54) is 10.8 Å². The first-order chi connectivity index (χ1) is 8.11. The number of aromatic amines is 1. The molecule has 3 aromatic rings. The van der Waals surface area contributed by atoms with E-state index in [4.69, 9.17) is 0 Å². The summed E-state index contributed by atoms with van der Waals surface area (Å²) in [6, 6.07) is 8.28. The lowest BCUT2D eigenvalue weighted by Crippen LogP contribution is -1.80.